The van der Waals surface area contributed by atoms with E-state index in [0.29, 0.717) is 5.56 Å². The van der Waals surface area contributed by atoms with Crippen molar-refractivity contribution >= 4 is 17.1 Å². The standard InChI is InChI=1S/C8H8O3S/c1-7(11-12(9)10)8-5-3-2-4-6-8/h2-6H,1H2,(H,9,10)/p-1. The smallest absolute Gasteiger partial charge is 0.139 e. The second kappa shape index (κ2) is 4.04. The van der Waals surface area contributed by atoms with Crippen molar-refractivity contribution < 1.29 is 12.9 Å². The molecular weight excluding hydrogens is 176 g/mol. The molecule has 3 nitrogen and oxygen atoms in total. The maximum absolute atomic E-state index is 10.1. The van der Waals surface area contributed by atoms with Gasteiger partial charge in [-0.25, -0.2) is 4.21 Å². The highest BCUT2D eigenvalue weighted by Gasteiger charge is 1.97. The number of rotatable bonds is 3. The number of benzene rings is 1. The second-order valence-electron chi connectivity index (χ2n) is 2.08. The lowest BCUT2D eigenvalue weighted by atomic mass is 10.2. The van der Waals surface area contributed by atoms with Crippen LogP contribution in [-0.2, 0) is 15.5 Å². The summed E-state index contributed by atoms with van der Waals surface area (Å²) in [6.07, 6.45) is 0. The minimum Gasteiger partial charge on any atom is -0.740 e. The molecule has 1 unspecified atom stereocenters. The zero-order valence-corrected chi connectivity index (χ0v) is 7.04. The Kier molecular flexibility index (Phi) is 3.01. The van der Waals surface area contributed by atoms with Crippen molar-refractivity contribution in [3.05, 3.63) is 42.5 Å². The largest absolute Gasteiger partial charge is 0.740 e. The van der Waals surface area contributed by atoms with Gasteiger partial charge in [-0.2, -0.15) is 0 Å². The summed E-state index contributed by atoms with van der Waals surface area (Å²) in [5.41, 5.74) is 0.654. The van der Waals surface area contributed by atoms with Gasteiger partial charge in [0.2, 0.25) is 0 Å². The van der Waals surface area contributed by atoms with Crippen LogP contribution in [0, 0.1) is 0 Å². The highest BCUT2D eigenvalue weighted by atomic mass is 32.2. The van der Waals surface area contributed by atoms with E-state index >= 15 is 0 Å². The molecule has 0 heterocycles. The molecule has 1 aromatic carbocycles. The molecular formula is C8H7O3S-. The summed E-state index contributed by atoms with van der Waals surface area (Å²) < 4.78 is 24.6. The molecule has 0 fully saturated rings. The van der Waals surface area contributed by atoms with Gasteiger partial charge in [0.15, 0.2) is 0 Å². The first kappa shape index (κ1) is 8.96. The quantitative estimate of drug-likeness (QED) is 0.526. The van der Waals surface area contributed by atoms with E-state index in [4.69, 9.17) is 0 Å². The molecule has 0 N–H and O–H groups in total. The number of hydrogen-bond donors (Lipinski definition) is 0. The Bertz CT molecular complexity index is 294. The third kappa shape index (κ3) is 2.48. The lowest BCUT2D eigenvalue weighted by molar-refractivity contribution is 0.422. The molecule has 0 saturated carbocycles. The van der Waals surface area contributed by atoms with E-state index in [1.165, 1.54) is 0 Å². The fraction of sp³-hybridized carbons (Fsp3) is 0. The lowest BCUT2D eigenvalue weighted by Gasteiger charge is -2.09. The summed E-state index contributed by atoms with van der Waals surface area (Å²) in [6.45, 7) is 3.45. The van der Waals surface area contributed by atoms with Crippen LogP contribution in [0.1, 0.15) is 5.56 Å². The van der Waals surface area contributed by atoms with Gasteiger partial charge in [-0.15, -0.1) is 0 Å². The first-order chi connectivity index (χ1) is 5.70. The van der Waals surface area contributed by atoms with E-state index < -0.39 is 11.4 Å². The summed E-state index contributed by atoms with van der Waals surface area (Å²) >= 11 is -2.55. The maximum atomic E-state index is 10.1. The topological polar surface area (TPSA) is 49.4 Å². The SMILES string of the molecule is C=C(OS(=O)[O-])c1ccccc1. The van der Waals surface area contributed by atoms with Crippen LogP contribution in [0.4, 0.5) is 0 Å². The van der Waals surface area contributed by atoms with Gasteiger partial charge >= 0.3 is 0 Å². The molecule has 0 amide bonds. The minimum absolute atomic E-state index is 0.129. The third-order valence-corrected chi connectivity index (χ3v) is 1.60. The molecule has 1 atom stereocenters. The molecule has 0 radical (unpaired) electrons. The molecule has 0 aromatic heterocycles. The van der Waals surface area contributed by atoms with Gasteiger partial charge in [0.1, 0.15) is 17.1 Å². The van der Waals surface area contributed by atoms with Gasteiger partial charge in [-0.3, -0.25) is 0 Å². The Morgan fingerprint density at radius 2 is 2.00 bits per heavy atom. The van der Waals surface area contributed by atoms with Crippen molar-refractivity contribution in [1.82, 2.24) is 0 Å². The predicted molar refractivity (Wildman–Crippen MR) is 45.5 cm³/mol. The predicted octanol–water partition coefficient (Wildman–Crippen LogP) is 1.47. The average molecular weight is 183 g/mol. The van der Waals surface area contributed by atoms with Gasteiger partial charge < -0.3 is 8.74 Å². The van der Waals surface area contributed by atoms with E-state index in [1.54, 1.807) is 24.3 Å². The van der Waals surface area contributed by atoms with Gasteiger partial charge in [-0.1, -0.05) is 36.9 Å². The van der Waals surface area contributed by atoms with Crippen molar-refractivity contribution in [1.29, 1.82) is 0 Å². The first-order valence-corrected chi connectivity index (χ1v) is 4.22. The molecule has 1 aromatic rings. The molecule has 64 valence electrons. The molecule has 0 aliphatic heterocycles. The van der Waals surface area contributed by atoms with Crippen LogP contribution < -0.4 is 0 Å². The maximum Gasteiger partial charge on any atom is 0.139 e. The van der Waals surface area contributed by atoms with Gasteiger partial charge in [0, 0.05) is 5.56 Å². The van der Waals surface area contributed by atoms with Crippen molar-refractivity contribution in [3.63, 3.8) is 0 Å². The van der Waals surface area contributed by atoms with Crippen LogP contribution in [0.3, 0.4) is 0 Å². The van der Waals surface area contributed by atoms with Crippen molar-refractivity contribution in [2.24, 2.45) is 0 Å². The summed E-state index contributed by atoms with van der Waals surface area (Å²) in [7, 11) is 0. The monoisotopic (exact) mass is 183 g/mol. The molecule has 1 rings (SSSR count). The van der Waals surface area contributed by atoms with E-state index in [0.717, 1.165) is 0 Å². The van der Waals surface area contributed by atoms with Gasteiger partial charge in [0.25, 0.3) is 0 Å². The summed E-state index contributed by atoms with van der Waals surface area (Å²) in [5.74, 6) is 0.129. The normalized spacial score (nSPS) is 12.1. The Morgan fingerprint density at radius 3 is 2.50 bits per heavy atom. The minimum atomic E-state index is -2.55. The van der Waals surface area contributed by atoms with Gasteiger partial charge in [0.05, 0.1) is 0 Å². The van der Waals surface area contributed by atoms with E-state index in [2.05, 4.69) is 10.8 Å². The van der Waals surface area contributed by atoms with Crippen LogP contribution >= 0.6 is 0 Å². The summed E-state index contributed by atoms with van der Waals surface area (Å²) in [6, 6.07) is 8.81. The molecule has 0 bridgehead atoms. The van der Waals surface area contributed by atoms with Crippen LogP contribution in [-0.4, -0.2) is 8.76 Å². The van der Waals surface area contributed by atoms with Crippen LogP contribution in [0.15, 0.2) is 36.9 Å². The zero-order chi connectivity index (χ0) is 8.97. The van der Waals surface area contributed by atoms with Gasteiger partial charge in [-0.05, 0) is 0 Å². The fourth-order valence-electron chi connectivity index (χ4n) is 0.754. The zero-order valence-electron chi connectivity index (χ0n) is 6.23. The molecule has 4 heteroatoms. The molecule has 0 aliphatic carbocycles. The Morgan fingerprint density at radius 1 is 1.42 bits per heavy atom. The lowest BCUT2D eigenvalue weighted by Crippen LogP contribution is -1.93. The van der Waals surface area contributed by atoms with E-state index in [1.807, 2.05) is 6.07 Å². The number of hydrogen-bond acceptors (Lipinski definition) is 3. The summed E-state index contributed by atoms with van der Waals surface area (Å²) in [4.78, 5) is 0. The molecule has 0 aliphatic rings. The Hall–Kier alpha value is -1.13. The Balaban J connectivity index is 2.73. The third-order valence-electron chi connectivity index (χ3n) is 1.26. The van der Waals surface area contributed by atoms with Crippen LogP contribution in [0.5, 0.6) is 0 Å². The van der Waals surface area contributed by atoms with Crippen molar-refractivity contribution in [2.45, 2.75) is 0 Å². The van der Waals surface area contributed by atoms with Crippen LogP contribution in [0.25, 0.3) is 5.76 Å². The fourth-order valence-corrected chi connectivity index (χ4v) is 1.01. The van der Waals surface area contributed by atoms with Crippen molar-refractivity contribution in [3.8, 4) is 0 Å². The van der Waals surface area contributed by atoms with Crippen molar-refractivity contribution in [2.75, 3.05) is 0 Å². The first-order valence-electron chi connectivity index (χ1n) is 3.22. The molecule has 0 saturated heterocycles. The highest BCUT2D eigenvalue weighted by Crippen LogP contribution is 2.13. The molecule has 12 heavy (non-hydrogen) atoms. The summed E-state index contributed by atoms with van der Waals surface area (Å²) in [5, 5.41) is 0. The molecule has 0 spiro atoms. The average Bonchev–Trinajstić information content (AvgIpc) is 2.05. The van der Waals surface area contributed by atoms with E-state index in [-0.39, 0.29) is 5.76 Å². The Labute approximate surface area is 73.2 Å². The highest BCUT2D eigenvalue weighted by molar-refractivity contribution is 7.74. The van der Waals surface area contributed by atoms with E-state index in [9.17, 15) is 8.76 Å². The van der Waals surface area contributed by atoms with Crippen LogP contribution in [0.2, 0.25) is 0 Å². The second-order valence-corrected chi connectivity index (χ2v) is 2.65.